The molecule has 0 aliphatic rings. The molecule has 2 rings (SSSR count). The zero-order valence-electron chi connectivity index (χ0n) is 11.0. The highest BCUT2D eigenvalue weighted by Gasteiger charge is 2.13. The number of benzene rings is 1. The summed E-state index contributed by atoms with van der Waals surface area (Å²) in [7, 11) is 3.01. The van der Waals surface area contributed by atoms with E-state index in [-0.39, 0.29) is 5.97 Å². The summed E-state index contributed by atoms with van der Waals surface area (Å²) in [5.74, 6) is 0.469. The number of carbonyl (C=O) groups excluding carboxylic acids is 1. The van der Waals surface area contributed by atoms with Gasteiger partial charge in [-0.1, -0.05) is 0 Å². The molecule has 1 aromatic heterocycles. The maximum Gasteiger partial charge on any atom is 0.340 e. The van der Waals surface area contributed by atoms with Crippen LogP contribution in [0.25, 0.3) is 0 Å². The molecule has 5 heteroatoms. The third-order valence-corrected chi connectivity index (χ3v) is 3.51. The molecule has 0 saturated heterocycles. The van der Waals surface area contributed by atoms with Gasteiger partial charge in [-0.15, -0.1) is 11.3 Å². The molecule has 1 N–H and O–H groups in total. The molecule has 0 fully saturated rings. The van der Waals surface area contributed by atoms with E-state index in [0.717, 1.165) is 22.7 Å². The van der Waals surface area contributed by atoms with Crippen LogP contribution in [0.15, 0.2) is 29.0 Å². The maximum absolute atomic E-state index is 11.6. The fourth-order valence-electron chi connectivity index (χ4n) is 1.71. The van der Waals surface area contributed by atoms with Crippen LogP contribution in [0.5, 0.6) is 5.75 Å². The van der Waals surface area contributed by atoms with Gasteiger partial charge in [0.15, 0.2) is 0 Å². The second-order valence-corrected chi connectivity index (χ2v) is 4.74. The summed E-state index contributed by atoms with van der Waals surface area (Å²) in [5.41, 5.74) is 3.28. The third kappa shape index (κ3) is 2.88. The molecule has 0 radical (unpaired) electrons. The van der Waals surface area contributed by atoms with Crippen LogP contribution in [0.1, 0.15) is 15.9 Å². The van der Waals surface area contributed by atoms with E-state index in [1.165, 1.54) is 18.4 Å². The van der Waals surface area contributed by atoms with Gasteiger partial charge in [0.05, 0.1) is 25.5 Å². The van der Waals surface area contributed by atoms with Gasteiger partial charge in [-0.3, -0.25) is 0 Å². The van der Waals surface area contributed by atoms with Crippen molar-refractivity contribution in [2.45, 2.75) is 6.92 Å². The van der Waals surface area contributed by atoms with Crippen molar-refractivity contribution in [1.29, 1.82) is 0 Å². The minimum atomic E-state index is -0.338. The Morgan fingerprint density at radius 2 is 2.00 bits per heavy atom. The number of aryl methyl sites for hydroxylation is 1. The standard InChI is InChI=1S/C14H15NO3S/c1-9-6-10(17-2)4-5-12(9)15-13-8-19-7-11(13)14(16)18-3/h4-8,15H,1-3H3. The van der Waals surface area contributed by atoms with Gasteiger partial charge in [0.1, 0.15) is 5.75 Å². The lowest BCUT2D eigenvalue weighted by molar-refractivity contribution is 0.0602. The van der Waals surface area contributed by atoms with Crippen molar-refractivity contribution >= 4 is 28.7 Å². The van der Waals surface area contributed by atoms with Gasteiger partial charge in [0.2, 0.25) is 0 Å². The summed E-state index contributed by atoms with van der Waals surface area (Å²) >= 11 is 1.45. The second-order valence-electron chi connectivity index (χ2n) is 4.00. The largest absolute Gasteiger partial charge is 0.497 e. The molecule has 0 spiro atoms. The predicted octanol–water partition coefficient (Wildman–Crippen LogP) is 3.60. The number of anilines is 2. The van der Waals surface area contributed by atoms with Crippen molar-refractivity contribution < 1.29 is 14.3 Å². The van der Waals surface area contributed by atoms with Crippen molar-refractivity contribution in [3.63, 3.8) is 0 Å². The maximum atomic E-state index is 11.6. The molecule has 2 aromatic rings. The first-order valence-electron chi connectivity index (χ1n) is 5.72. The number of hydrogen-bond acceptors (Lipinski definition) is 5. The average Bonchev–Trinajstić information content (AvgIpc) is 2.88. The summed E-state index contributed by atoms with van der Waals surface area (Å²) in [6.07, 6.45) is 0. The van der Waals surface area contributed by atoms with E-state index in [9.17, 15) is 4.79 Å². The quantitative estimate of drug-likeness (QED) is 0.867. The summed E-state index contributed by atoms with van der Waals surface area (Å²) in [4.78, 5) is 11.6. The Bertz CT molecular complexity index is 592. The van der Waals surface area contributed by atoms with Crippen LogP contribution >= 0.6 is 11.3 Å². The van der Waals surface area contributed by atoms with Crippen LogP contribution in [0.2, 0.25) is 0 Å². The van der Waals surface area contributed by atoms with Gasteiger partial charge in [-0.05, 0) is 30.7 Å². The smallest absolute Gasteiger partial charge is 0.340 e. The van der Waals surface area contributed by atoms with E-state index in [0.29, 0.717) is 5.56 Å². The van der Waals surface area contributed by atoms with Gasteiger partial charge < -0.3 is 14.8 Å². The Balaban J connectivity index is 2.27. The molecular weight excluding hydrogens is 262 g/mol. The SMILES string of the molecule is COC(=O)c1cscc1Nc1ccc(OC)cc1C. The van der Waals surface area contributed by atoms with E-state index >= 15 is 0 Å². The fourth-order valence-corrected chi connectivity index (χ4v) is 2.46. The van der Waals surface area contributed by atoms with Gasteiger partial charge in [-0.25, -0.2) is 4.79 Å². The fraction of sp³-hybridized carbons (Fsp3) is 0.214. The van der Waals surface area contributed by atoms with Crippen LogP contribution in [0, 0.1) is 6.92 Å². The summed E-state index contributed by atoms with van der Waals surface area (Å²) < 4.78 is 9.91. The second kappa shape index (κ2) is 5.75. The number of rotatable bonds is 4. The van der Waals surface area contributed by atoms with Crippen molar-refractivity contribution in [3.8, 4) is 5.75 Å². The zero-order chi connectivity index (χ0) is 13.8. The van der Waals surface area contributed by atoms with Crippen LogP contribution in [0.4, 0.5) is 11.4 Å². The van der Waals surface area contributed by atoms with Crippen molar-refractivity contribution in [2.75, 3.05) is 19.5 Å². The van der Waals surface area contributed by atoms with E-state index < -0.39 is 0 Å². The number of thiophene rings is 1. The molecule has 4 nitrogen and oxygen atoms in total. The van der Waals surface area contributed by atoms with Crippen LogP contribution in [-0.2, 0) is 4.74 Å². The molecule has 1 heterocycles. The lowest BCUT2D eigenvalue weighted by Gasteiger charge is -2.11. The lowest BCUT2D eigenvalue weighted by atomic mass is 10.1. The number of methoxy groups -OCH3 is 2. The topological polar surface area (TPSA) is 47.6 Å². The summed E-state index contributed by atoms with van der Waals surface area (Å²) in [6.45, 7) is 1.98. The molecule has 0 saturated carbocycles. The number of esters is 1. The summed E-state index contributed by atoms with van der Waals surface area (Å²) in [5, 5.41) is 6.90. The van der Waals surface area contributed by atoms with Crippen molar-refractivity contribution in [1.82, 2.24) is 0 Å². The van der Waals surface area contributed by atoms with Crippen molar-refractivity contribution in [2.24, 2.45) is 0 Å². The molecule has 0 bridgehead atoms. The van der Waals surface area contributed by atoms with E-state index in [1.54, 1.807) is 12.5 Å². The molecule has 0 aliphatic heterocycles. The minimum absolute atomic E-state index is 0.338. The van der Waals surface area contributed by atoms with Crippen molar-refractivity contribution in [3.05, 3.63) is 40.1 Å². The minimum Gasteiger partial charge on any atom is -0.497 e. The monoisotopic (exact) mass is 277 g/mol. The number of hydrogen-bond donors (Lipinski definition) is 1. The van der Waals surface area contributed by atoms with E-state index in [1.807, 2.05) is 30.5 Å². The zero-order valence-corrected chi connectivity index (χ0v) is 11.8. The first-order chi connectivity index (χ1) is 9.15. The highest BCUT2D eigenvalue weighted by molar-refractivity contribution is 7.08. The molecule has 19 heavy (non-hydrogen) atoms. The Kier molecular flexibility index (Phi) is 4.06. The van der Waals surface area contributed by atoms with E-state index in [2.05, 4.69) is 5.32 Å². The van der Waals surface area contributed by atoms with Crippen LogP contribution < -0.4 is 10.1 Å². The molecule has 1 aromatic carbocycles. The highest BCUT2D eigenvalue weighted by atomic mass is 32.1. The molecule has 0 atom stereocenters. The Labute approximate surface area is 116 Å². The highest BCUT2D eigenvalue weighted by Crippen LogP contribution is 2.29. The van der Waals surface area contributed by atoms with E-state index in [4.69, 9.17) is 9.47 Å². The first kappa shape index (κ1) is 13.4. The van der Waals surface area contributed by atoms with Gasteiger partial charge >= 0.3 is 5.97 Å². The third-order valence-electron chi connectivity index (χ3n) is 2.77. The predicted molar refractivity (Wildman–Crippen MR) is 76.7 cm³/mol. The van der Waals surface area contributed by atoms with Gasteiger partial charge in [-0.2, -0.15) is 0 Å². The first-order valence-corrected chi connectivity index (χ1v) is 6.66. The molecule has 0 amide bonds. The molecular formula is C14H15NO3S. The average molecular weight is 277 g/mol. The van der Waals surface area contributed by atoms with Gasteiger partial charge in [0.25, 0.3) is 0 Å². The Morgan fingerprint density at radius 3 is 2.63 bits per heavy atom. The molecule has 100 valence electrons. The van der Waals surface area contributed by atoms with Gasteiger partial charge in [0, 0.05) is 16.4 Å². The lowest BCUT2D eigenvalue weighted by Crippen LogP contribution is -2.03. The number of carbonyl (C=O) groups is 1. The number of ether oxygens (including phenoxy) is 2. The Morgan fingerprint density at radius 1 is 1.21 bits per heavy atom. The van der Waals surface area contributed by atoms with Crippen LogP contribution in [-0.4, -0.2) is 20.2 Å². The number of nitrogens with one attached hydrogen (secondary N) is 1. The summed E-state index contributed by atoms with van der Waals surface area (Å²) in [6, 6.07) is 5.74. The molecule has 0 unspecified atom stereocenters. The van der Waals surface area contributed by atoms with Crippen LogP contribution in [0.3, 0.4) is 0 Å². The Hall–Kier alpha value is -2.01. The molecule has 0 aliphatic carbocycles. The normalized spacial score (nSPS) is 10.1.